The zero-order valence-electron chi connectivity index (χ0n) is 18.2. The number of pyridine rings is 1. The van der Waals surface area contributed by atoms with E-state index in [2.05, 4.69) is 32.0 Å². The minimum atomic E-state index is -0.986. The van der Waals surface area contributed by atoms with Gasteiger partial charge in [0.15, 0.2) is 11.5 Å². The van der Waals surface area contributed by atoms with Crippen molar-refractivity contribution in [2.75, 3.05) is 24.7 Å². The van der Waals surface area contributed by atoms with Crippen LogP contribution in [-0.4, -0.2) is 55.9 Å². The molecular weight excluding hydrogens is 406 g/mol. The number of aromatic amines is 1. The fourth-order valence-electron chi connectivity index (χ4n) is 5.42. The van der Waals surface area contributed by atoms with Gasteiger partial charge in [-0.2, -0.15) is 5.10 Å². The van der Waals surface area contributed by atoms with Crippen molar-refractivity contribution in [2.24, 2.45) is 5.41 Å². The van der Waals surface area contributed by atoms with Crippen molar-refractivity contribution in [1.29, 1.82) is 0 Å². The molecule has 0 bridgehead atoms. The lowest BCUT2D eigenvalue weighted by atomic mass is 9.73. The Morgan fingerprint density at radius 2 is 2.03 bits per heavy atom. The summed E-state index contributed by atoms with van der Waals surface area (Å²) in [6, 6.07) is 3.97. The first kappa shape index (κ1) is 19.7. The molecule has 1 atom stereocenters. The van der Waals surface area contributed by atoms with Gasteiger partial charge >= 0.3 is 5.82 Å². The standard InChI is InChI=1S/C23H27N7O2/c1-15-14-32-12-11-29(15)18-13-16(23(31)8-6-22(4-5-22)7-9-23)19-20(24-2)28-30(21(19)26-18)17-3-10-25-27-17/h3,10,13,15,31H,4-9,11-12,14H2,1H3,(H,25,27)/t15-/m1/s1. The highest BCUT2D eigenvalue weighted by molar-refractivity contribution is 5.94. The molecule has 166 valence electrons. The summed E-state index contributed by atoms with van der Waals surface area (Å²) >= 11 is 0. The predicted molar refractivity (Wildman–Crippen MR) is 119 cm³/mol. The van der Waals surface area contributed by atoms with E-state index >= 15 is 0 Å². The van der Waals surface area contributed by atoms with E-state index < -0.39 is 5.60 Å². The Morgan fingerprint density at radius 3 is 2.69 bits per heavy atom. The van der Waals surface area contributed by atoms with Crippen molar-refractivity contribution >= 4 is 22.7 Å². The fraction of sp³-hybridized carbons (Fsp3) is 0.565. The van der Waals surface area contributed by atoms with Crippen LogP contribution in [0.25, 0.3) is 21.7 Å². The van der Waals surface area contributed by atoms with Gasteiger partial charge in [-0.05, 0) is 67.6 Å². The Kier molecular flexibility index (Phi) is 4.32. The predicted octanol–water partition coefficient (Wildman–Crippen LogP) is 3.46. The fourth-order valence-corrected chi connectivity index (χ4v) is 5.42. The number of anilines is 1. The van der Waals surface area contributed by atoms with Gasteiger partial charge in [0.2, 0.25) is 0 Å². The molecule has 1 saturated heterocycles. The van der Waals surface area contributed by atoms with E-state index in [0.717, 1.165) is 30.8 Å². The van der Waals surface area contributed by atoms with E-state index in [1.165, 1.54) is 12.8 Å². The summed E-state index contributed by atoms with van der Waals surface area (Å²) < 4.78 is 7.27. The summed E-state index contributed by atoms with van der Waals surface area (Å²) in [7, 11) is 0. The topological polar surface area (TPSA) is 96.5 Å². The molecule has 3 aromatic rings. The summed E-state index contributed by atoms with van der Waals surface area (Å²) in [6.45, 7) is 11.9. The molecule has 0 aromatic carbocycles. The first-order valence-corrected chi connectivity index (χ1v) is 11.4. The van der Waals surface area contributed by atoms with Gasteiger partial charge < -0.3 is 19.6 Å². The zero-order valence-corrected chi connectivity index (χ0v) is 18.2. The number of H-pyrrole nitrogens is 1. The highest BCUT2D eigenvalue weighted by Crippen LogP contribution is 2.60. The second-order valence-corrected chi connectivity index (χ2v) is 9.66. The van der Waals surface area contributed by atoms with Crippen LogP contribution < -0.4 is 4.90 Å². The van der Waals surface area contributed by atoms with Gasteiger partial charge in [-0.25, -0.2) is 4.98 Å². The SMILES string of the molecule is [C-]#[N+]c1nn(-c2ccn[nH]2)c2nc(N3CCOC[C@H]3C)cc(C3(O)CCC4(CC4)CC3)c12. The quantitative estimate of drug-likeness (QED) is 0.614. The number of ether oxygens (including phenoxy) is 1. The first-order valence-electron chi connectivity index (χ1n) is 11.4. The van der Waals surface area contributed by atoms with E-state index in [0.29, 0.717) is 48.3 Å². The molecule has 1 aliphatic heterocycles. The van der Waals surface area contributed by atoms with Crippen LogP contribution in [0, 0.1) is 12.0 Å². The molecule has 2 saturated carbocycles. The maximum Gasteiger partial charge on any atom is 0.305 e. The molecule has 0 amide bonds. The molecule has 0 unspecified atom stereocenters. The number of aromatic nitrogens is 5. The van der Waals surface area contributed by atoms with Crippen LogP contribution in [0.4, 0.5) is 11.6 Å². The lowest BCUT2D eigenvalue weighted by Crippen LogP contribution is -2.44. The molecule has 2 aliphatic carbocycles. The smallest absolute Gasteiger partial charge is 0.305 e. The number of aliphatic hydroxyl groups is 1. The molecule has 1 spiro atoms. The van der Waals surface area contributed by atoms with Crippen molar-refractivity contribution in [3.05, 3.63) is 35.3 Å². The van der Waals surface area contributed by atoms with Gasteiger partial charge in [-0.1, -0.05) is 6.57 Å². The van der Waals surface area contributed by atoms with Crippen molar-refractivity contribution in [2.45, 2.75) is 57.1 Å². The van der Waals surface area contributed by atoms with E-state index in [9.17, 15) is 5.11 Å². The van der Waals surface area contributed by atoms with Crippen molar-refractivity contribution < 1.29 is 9.84 Å². The number of morpholine rings is 1. The molecule has 32 heavy (non-hydrogen) atoms. The summed E-state index contributed by atoms with van der Waals surface area (Å²) in [5, 5.41) is 24.1. The summed E-state index contributed by atoms with van der Waals surface area (Å²) in [4.78, 5) is 10.9. The molecule has 6 rings (SSSR count). The van der Waals surface area contributed by atoms with Crippen LogP contribution >= 0.6 is 0 Å². The third kappa shape index (κ3) is 3.01. The van der Waals surface area contributed by atoms with Crippen LogP contribution in [0.15, 0.2) is 18.3 Å². The summed E-state index contributed by atoms with van der Waals surface area (Å²) in [6.07, 6.45) is 7.66. The van der Waals surface area contributed by atoms with Crippen molar-refractivity contribution in [1.82, 2.24) is 25.0 Å². The normalized spacial score (nSPS) is 24.0. The van der Waals surface area contributed by atoms with Gasteiger partial charge in [0, 0.05) is 12.6 Å². The molecule has 3 fully saturated rings. The average Bonchev–Trinajstić information content (AvgIpc) is 3.20. The van der Waals surface area contributed by atoms with Gasteiger partial charge in [0.25, 0.3) is 0 Å². The zero-order chi connectivity index (χ0) is 21.9. The number of hydrogen-bond acceptors (Lipinski definition) is 6. The van der Waals surface area contributed by atoms with Gasteiger partial charge in [0.1, 0.15) is 5.82 Å². The number of nitrogens with one attached hydrogen (secondary N) is 1. The van der Waals surface area contributed by atoms with Gasteiger partial charge in [0.05, 0.1) is 36.4 Å². The molecule has 4 heterocycles. The molecule has 2 N–H and O–H groups in total. The average molecular weight is 434 g/mol. The van der Waals surface area contributed by atoms with E-state index in [1.807, 2.05) is 6.07 Å². The van der Waals surface area contributed by atoms with Crippen LogP contribution in [0.2, 0.25) is 0 Å². The van der Waals surface area contributed by atoms with Crippen LogP contribution in [0.1, 0.15) is 51.0 Å². The Bertz CT molecular complexity index is 1200. The number of rotatable bonds is 3. The largest absolute Gasteiger partial charge is 0.385 e. The Hall–Kier alpha value is -2.96. The number of nitrogens with zero attached hydrogens (tertiary/aromatic N) is 6. The third-order valence-corrected chi connectivity index (χ3v) is 7.68. The number of hydrogen-bond donors (Lipinski definition) is 2. The van der Waals surface area contributed by atoms with Crippen LogP contribution in [0.3, 0.4) is 0 Å². The lowest BCUT2D eigenvalue weighted by molar-refractivity contribution is -0.0172. The van der Waals surface area contributed by atoms with E-state index in [4.69, 9.17) is 16.3 Å². The molecular formula is C23H27N7O2. The monoisotopic (exact) mass is 433 g/mol. The third-order valence-electron chi connectivity index (χ3n) is 7.68. The van der Waals surface area contributed by atoms with Crippen molar-refractivity contribution in [3.8, 4) is 5.82 Å². The number of fused-ring (bicyclic) bond motifs is 1. The van der Waals surface area contributed by atoms with Crippen LogP contribution in [0.5, 0.6) is 0 Å². The highest BCUT2D eigenvalue weighted by Gasteiger charge is 2.50. The second-order valence-electron chi connectivity index (χ2n) is 9.66. The maximum absolute atomic E-state index is 11.9. The maximum atomic E-state index is 11.9. The van der Waals surface area contributed by atoms with Gasteiger partial charge in [-0.15, -0.1) is 4.68 Å². The van der Waals surface area contributed by atoms with Gasteiger partial charge in [-0.3, -0.25) is 5.10 Å². The minimum Gasteiger partial charge on any atom is -0.385 e. The van der Waals surface area contributed by atoms with E-state index in [-0.39, 0.29) is 11.9 Å². The summed E-state index contributed by atoms with van der Waals surface area (Å²) in [5.74, 6) is 1.70. The van der Waals surface area contributed by atoms with Crippen molar-refractivity contribution in [3.63, 3.8) is 0 Å². The molecule has 9 heteroatoms. The first-order chi connectivity index (χ1) is 15.5. The van der Waals surface area contributed by atoms with Crippen LogP contribution in [-0.2, 0) is 10.3 Å². The van der Waals surface area contributed by atoms with E-state index in [1.54, 1.807) is 16.9 Å². The Labute approximate surface area is 186 Å². The molecule has 9 nitrogen and oxygen atoms in total. The molecule has 3 aliphatic rings. The second kappa shape index (κ2) is 7.02. The molecule has 0 radical (unpaired) electrons. The Balaban J connectivity index is 1.57. The Morgan fingerprint density at radius 1 is 1.25 bits per heavy atom. The highest BCUT2D eigenvalue weighted by atomic mass is 16.5. The molecule has 3 aromatic heterocycles. The minimum absolute atomic E-state index is 0.168. The lowest BCUT2D eigenvalue weighted by Gasteiger charge is -2.39. The summed E-state index contributed by atoms with van der Waals surface area (Å²) in [5.41, 5.74) is 0.818.